The molecule has 4 aromatic carbocycles. The highest BCUT2D eigenvalue weighted by Crippen LogP contribution is 2.51. The van der Waals surface area contributed by atoms with Gasteiger partial charge in [0.15, 0.2) is 11.6 Å². The van der Waals surface area contributed by atoms with E-state index in [0.29, 0.717) is 30.5 Å². The molecule has 0 aliphatic heterocycles. The summed E-state index contributed by atoms with van der Waals surface area (Å²) in [5.41, 5.74) is 1.08. The molecule has 0 saturated carbocycles. The number of nitrogens with zero attached hydrogens (tertiary/aromatic N) is 2. The fourth-order valence-corrected chi connectivity index (χ4v) is 6.10. The van der Waals surface area contributed by atoms with Crippen LogP contribution in [-0.2, 0) is 0 Å². The first-order valence-electron chi connectivity index (χ1n) is 10.6. The first-order valence-corrected chi connectivity index (χ1v) is 13.0. The lowest BCUT2D eigenvalue weighted by Crippen LogP contribution is -2.03. The summed E-state index contributed by atoms with van der Waals surface area (Å²) in [6.07, 6.45) is 0. The SMILES string of the molecule is Cc1cccc(C)c1Oc1c(C#N)c(C#N)c(F)c(Sc2ccccc2Cl)c1Sc1ccccc1Cl. The van der Waals surface area contributed by atoms with E-state index in [1.807, 2.05) is 50.3 Å². The Morgan fingerprint density at radius 3 is 1.69 bits per heavy atom. The van der Waals surface area contributed by atoms with Crippen LogP contribution in [0.1, 0.15) is 22.3 Å². The van der Waals surface area contributed by atoms with Crippen molar-refractivity contribution in [1.82, 2.24) is 0 Å². The lowest BCUT2D eigenvalue weighted by molar-refractivity contribution is 0.453. The van der Waals surface area contributed by atoms with Crippen molar-refractivity contribution < 1.29 is 9.13 Å². The van der Waals surface area contributed by atoms with Gasteiger partial charge in [0, 0.05) is 9.79 Å². The molecular formula is C28H17Cl2FN2OS2. The van der Waals surface area contributed by atoms with Gasteiger partial charge in [-0.2, -0.15) is 10.5 Å². The van der Waals surface area contributed by atoms with Crippen molar-refractivity contribution in [3.63, 3.8) is 0 Å². The van der Waals surface area contributed by atoms with E-state index in [1.54, 1.807) is 42.5 Å². The van der Waals surface area contributed by atoms with Gasteiger partial charge in [0.05, 0.1) is 19.8 Å². The normalized spacial score (nSPS) is 10.5. The van der Waals surface area contributed by atoms with Crippen molar-refractivity contribution in [3.8, 4) is 23.6 Å². The lowest BCUT2D eigenvalue weighted by Gasteiger charge is -2.20. The maximum absolute atomic E-state index is 15.9. The van der Waals surface area contributed by atoms with Crippen LogP contribution >= 0.6 is 46.7 Å². The molecule has 0 aliphatic carbocycles. The molecule has 0 aliphatic rings. The molecule has 0 heterocycles. The van der Waals surface area contributed by atoms with E-state index < -0.39 is 11.4 Å². The number of benzene rings is 4. The summed E-state index contributed by atoms with van der Waals surface area (Å²) in [6.45, 7) is 3.76. The minimum atomic E-state index is -0.817. The maximum atomic E-state index is 15.9. The minimum absolute atomic E-state index is 0.0901. The lowest BCUT2D eigenvalue weighted by atomic mass is 10.1. The van der Waals surface area contributed by atoms with Crippen LogP contribution in [0, 0.1) is 42.3 Å². The fraction of sp³-hybridized carbons (Fsp3) is 0.0714. The van der Waals surface area contributed by atoms with Crippen molar-refractivity contribution in [1.29, 1.82) is 10.5 Å². The Hall–Kier alpha value is -3.13. The molecule has 0 fully saturated rings. The zero-order valence-corrected chi connectivity index (χ0v) is 22.2. The number of halogens is 3. The molecule has 178 valence electrons. The molecule has 36 heavy (non-hydrogen) atoms. The zero-order chi connectivity index (χ0) is 25.8. The predicted molar refractivity (Wildman–Crippen MR) is 143 cm³/mol. The summed E-state index contributed by atoms with van der Waals surface area (Å²) in [7, 11) is 0. The number of nitriles is 2. The molecule has 8 heteroatoms. The van der Waals surface area contributed by atoms with Gasteiger partial charge in [0.1, 0.15) is 29.0 Å². The van der Waals surface area contributed by atoms with E-state index >= 15 is 4.39 Å². The third-order valence-electron chi connectivity index (χ3n) is 5.24. The molecule has 0 bridgehead atoms. The third-order valence-corrected chi connectivity index (χ3v) is 8.59. The van der Waals surface area contributed by atoms with Crippen LogP contribution in [0.15, 0.2) is 86.3 Å². The van der Waals surface area contributed by atoms with Crippen molar-refractivity contribution in [3.05, 3.63) is 105 Å². The average molecular weight is 551 g/mol. The van der Waals surface area contributed by atoms with Gasteiger partial charge in [0.2, 0.25) is 0 Å². The second-order valence-electron chi connectivity index (χ2n) is 7.66. The zero-order valence-electron chi connectivity index (χ0n) is 19.1. The Kier molecular flexibility index (Phi) is 8.14. The largest absolute Gasteiger partial charge is 0.454 e. The van der Waals surface area contributed by atoms with E-state index in [4.69, 9.17) is 27.9 Å². The van der Waals surface area contributed by atoms with E-state index in [-0.39, 0.29) is 16.2 Å². The third kappa shape index (κ3) is 5.19. The Balaban J connectivity index is 2.05. The molecule has 0 amide bonds. The fourth-order valence-electron chi connectivity index (χ4n) is 3.48. The van der Waals surface area contributed by atoms with Crippen LogP contribution in [0.2, 0.25) is 10.0 Å². The Labute approximate surface area is 227 Å². The van der Waals surface area contributed by atoms with Crippen LogP contribution in [0.3, 0.4) is 0 Å². The molecule has 0 N–H and O–H groups in total. The summed E-state index contributed by atoms with van der Waals surface area (Å²) >= 11 is 15.1. The monoisotopic (exact) mass is 550 g/mol. The average Bonchev–Trinajstić information content (AvgIpc) is 2.86. The highest BCUT2D eigenvalue weighted by Gasteiger charge is 2.29. The minimum Gasteiger partial charge on any atom is -0.454 e. The van der Waals surface area contributed by atoms with E-state index in [1.165, 1.54) is 11.8 Å². The van der Waals surface area contributed by atoms with Gasteiger partial charge in [0.25, 0.3) is 0 Å². The number of hydrogen-bond donors (Lipinski definition) is 0. The van der Waals surface area contributed by atoms with Crippen LogP contribution in [0.5, 0.6) is 11.5 Å². The standard InChI is InChI=1S/C28H17Cl2FN2OS2/c1-16-8-7-9-17(2)25(16)34-26-19(15-33)18(14-32)24(31)27(35-22-12-5-3-10-20(22)29)28(26)36-23-13-6-4-11-21(23)30/h3-13H,1-2H3. The molecule has 0 radical (unpaired) electrons. The van der Waals surface area contributed by atoms with E-state index in [0.717, 1.165) is 22.9 Å². The molecular weight excluding hydrogens is 534 g/mol. The molecule has 0 saturated heterocycles. The number of ether oxygens (including phenoxy) is 1. The molecule has 3 nitrogen and oxygen atoms in total. The number of rotatable bonds is 6. The second-order valence-corrected chi connectivity index (χ2v) is 10.6. The van der Waals surface area contributed by atoms with E-state index in [2.05, 4.69) is 0 Å². The molecule has 0 unspecified atom stereocenters. The number of aryl methyl sites for hydroxylation is 2. The molecule has 0 atom stereocenters. The quantitative estimate of drug-likeness (QED) is 0.239. The van der Waals surface area contributed by atoms with Gasteiger partial charge < -0.3 is 4.74 Å². The van der Waals surface area contributed by atoms with Crippen LogP contribution in [-0.4, -0.2) is 0 Å². The number of para-hydroxylation sites is 1. The van der Waals surface area contributed by atoms with Gasteiger partial charge in [-0.1, -0.05) is 89.2 Å². The maximum Gasteiger partial charge on any atom is 0.161 e. The number of hydrogen-bond acceptors (Lipinski definition) is 5. The summed E-state index contributed by atoms with van der Waals surface area (Å²) in [5, 5.41) is 20.8. The summed E-state index contributed by atoms with van der Waals surface area (Å²) in [6, 6.07) is 23.6. The van der Waals surface area contributed by atoms with Crippen molar-refractivity contribution in [2.75, 3.05) is 0 Å². The Morgan fingerprint density at radius 2 is 1.19 bits per heavy atom. The van der Waals surface area contributed by atoms with Crippen molar-refractivity contribution >= 4 is 46.7 Å². The highest BCUT2D eigenvalue weighted by atomic mass is 35.5. The van der Waals surface area contributed by atoms with Crippen molar-refractivity contribution in [2.45, 2.75) is 33.4 Å². The smallest absolute Gasteiger partial charge is 0.161 e. The topological polar surface area (TPSA) is 56.8 Å². The molecule has 4 rings (SSSR count). The first-order chi connectivity index (χ1) is 17.3. The van der Waals surface area contributed by atoms with Gasteiger partial charge in [-0.15, -0.1) is 0 Å². The van der Waals surface area contributed by atoms with Gasteiger partial charge in [-0.3, -0.25) is 0 Å². The van der Waals surface area contributed by atoms with Crippen LogP contribution in [0.25, 0.3) is 0 Å². The molecule has 0 aromatic heterocycles. The first kappa shape index (κ1) is 25.9. The summed E-state index contributed by atoms with van der Waals surface area (Å²) in [4.78, 5) is 1.67. The summed E-state index contributed by atoms with van der Waals surface area (Å²) < 4.78 is 22.3. The van der Waals surface area contributed by atoms with Gasteiger partial charge >= 0.3 is 0 Å². The highest BCUT2D eigenvalue weighted by molar-refractivity contribution is 8.02. The van der Waals surface area contributed by atoms with Crippen LogP contribution < -0.4 is 4.74 Å². The second kappa shape index (κ2) is 11.3. The van der Waals surface area contributed by atoms with Gasteiger partial charge in [-0.05, 0) is 49.2 Å². The Bertz CT molecular complexity index is 1540. The summed E-state index contributed by atoms with van der Waals surface area (Å²) in [5.74, 6) is -0.200. The van der Waals surface area contributed by atoms with Gasteiger partial charge in [-0.25, -0.2) is 4.39 Å². The van der Waals surface area contributed by atoms with Crippen molar-refractivity contribution in [2.24, 2.45) is 0 Å². The molecule has 0 spiro atoms. The Morgan fingerprint density at radius 1 is 0.694 bits per heavy atom. The van der Waals surface area contributed by atoms with E-state index in [9.17, 15) is 10.5 Å². The van der Waals surface area contributed by atoms with Crippen LogP contribution in [0.4, 0.5) is 4.39 Å². The predicted octanol–water partition coefficient (Wildman–Crippen LogP) is 9.59. The molecule has 4 aromatic rings.